The standard InChI is InChI=1S/C28H38O6Si/c1-21(22(2)32-20-31-17-18-35(4,5)6)19-26(24-13-9-7-10-14-24)34-28(30)27(33-23(3)29)25-15-11-8-12-16-25/h7-16,22,26-27H,1,17-20H2,2-6H3/t22-,26+,27+/m1/s1. The molecule has 190 valence electrons. The average molecular weight is 499 g/mol. The van der Waals surface area contributed by atoms with Crippen molar-refractivity contribution in [1.82, 2.24) is 0 Å². The number of rotatable bonds is 14. The predicted octanol–water partition coefficient (Wildman–Crippen LogP) is 6.24. The Bertz CT molecular complexity index is 939. The summed E-state index contributed by atoms with van der Waals surface area (Å²) in [6, 6.07) is 19.3. The molecule has 2 rings (SSSR count). The van der Waals surface area contributed by atoms with Gasteiger partial charge in [-0.05, 0) is 24.1 Å². The molecule has 0 N–H and O–H groups in total. The van der Waals surface area contributed by atoms with Crippen LogP contribution in [0.25, 0.3) is 0 Å². The highest BCUT2D eigenvalue weighted by Gasteiger charge is 2.29. The monoisotopic (exact) mass is 498 g/mol. The number of carbonyl (C=O) groups excluding carboxylic acids is 2. The Balaban J connectivity index is 2.06. The fraction of sp³-hybridized carbons (Fsp3) is 0.429. The third-order valence-electron chi connectivity index (χ3n) is 5.45. The van der Waals surface area contributed by atoms with Crippen LogP contribution >= 0.6 is 0 Å². The summed E-state index contributed by atoms with van der Waals surface area (Å²) in [5.74, 6) is -1.20. The fourth-order valence-corrected chi connectivity index (χ4v) is 4.01. The van der Waals surface area contributed by atoms with E-state index in [-0.39, 0.29) is 12.9 Å². The Hall–Kier alpha value is -2.74. The molecule has 0 heterocycles. The lowest BCUT2D eigenvalue weighted by molar-refractivity contribution is -0.171. The highest BCUT2D eigenvalue weighted by atomic mass is 28.3. The van der Waals surface area contributed by atoms with Gasteiger partial charge >= 0.3 is 11.9 Å². The van der Waals surface area contributed by atoms with E-state index >= 15 is 0 Å². The minimum atomic E-state index is -1.15. The summed E-state index contributed by atoms with van der Waals surface area (Å²) in [4.78, 5) is 24.8. The second-order valence-corrected chi connectivity index (χ2v) is 15.4. The molecule has 0 unspecified atom stereocenters. The Morgan fingerprint density at radius 3 is 2.03 bits per heavy atom. The molecule has 0 saturated heterocycles. The normalized spacial score (nSPS) is 14.0. The molecule has 0 amide bonds. The number of hydrogen-bond acceptors (Lipinski definition) is 6. The molecule has 0 aliphatic rings. The minimum Gasteiger partial charge on any atom is -0.454 e. The van der Waals surface area contributed by atoms with Crippen LogP contribution in [0.3, 0.4) is 0 Å². The van der Waals surface area contributed by atoms with Gasteiger partial charge < -0.3 is 18.9 Å². The lowest BCUT2D eigenvalue weighted by atomic mass is 9.99. The van der Waals surface area contributed by atoms with Crippen LogP contribution < -0.4 is 0 Å². The molecule has 0 aliphatic heterocycles. The molecule has 3 atom stereocenters. The molecule has 7 heteroatoms. The smallest absolute Gasteiger partial charge is 0.352 e. The molecule has 0 fully saturated rings. The first kappa shape index (κ1) is 28.5. The SMILES string of the molecule is C=C(C[C@H](OC(=O)[C@@H](OC(C)=O)c1ccccc1)c1ccccc1)[C@@H](C)OCOCC[Si](C)(C)C. The number of ether oxygens (including phenoxy) is 4. The summed E-state index contributed by atoms with van der Waals surface area (Å²) in [5, 5.41) is 0. The van der Waals surface area contributed by atoms with E-state index in [9.17, 15) is 9.59 Å². The maximum absolute atomic E-state index is 13.2. The van der Waals surface area contributed by atoms with Crippen LogP contribution in [0.4, 0.5) is 0 Å². The molecule has 0 bridgehead atoms. The molecule has 0 saturated carbocycles. The van der Waals surface area contributed by atoms with E-state index < -0.39 is 32.2 Å². The van der Waals surface area contributed by atoms with Crippen molar-refractivity contribution in [3.63, 3.8) is 0 Å². The van der Waals surface area contributed by atoms with E-state index in [0.717, 1.165) is 17.2 Å². The van der Waals surface area contributed by atoms with Crippen molar-refractivity contribution in [2.24, 2.45) is 0 Å². The van der Waals surface area contributed by atoms with Crippen LogP contribution in [0.2, 0.25) is 25.7 Å². The molecule has 0 radical (unpaired) electrons. The zero-order valence-corrected chi connectivity index (χ0v) is 22.5. The highest BCUT2D eigenvalue weighted by Crippen LogP contribution is 2.30. The van der Waals surface area contributed by atoms with Gasteiger partial charge in [-0.2, -0.15) is 0 Å². The van der Waals surface area contributed by atoms with Crippen LogP contribution in [0.15, 0.2) is 72.8 Å². The first-order chi connectivity index (χ1) is 16.6. The Morgan fingerprint density at radius 1 is 0.914 bits per heavy atom. The number of benzene rings is 2. The van der Waals surface area contributed by atoms with E-state index in [1.54, 1.807) is 24.3 Å². The summed E-state index contributed by atoms with van der Waals surface area (Å²) in [6.07, 6.45) is -1.70. The van der Waals surface area contributed by atoms with Crippen molar-refractivity contribution >= 4 is 20.0 Å². The van der Waals surface area contributed by atoms with Crippen molar-refractivity contribution < 1.29 is 28.5 Å². The zero-order chi connectivity index (χ0) is 25.8. The van der Waals surface area contributed by atoms with Gasteiger partial charge in [0.25, 0.3) is 0 Å². The van der Waals surface area contributed by atoms with E-state index in [0.29, 0.717) is 18.6 Å². The molecule has 0 aliphatic carbocycles. The lowest BCUT2D eigenvalue weighted by Crippen LogP contribution is -2.24. The largest absolute Gasteiger partial charge is 0.454 e. The van der Waals surface area contributed by atoms with Crippen molar-refractivity contribution in [3.8, 4) is 0 Å². The fourth-order valence-electron chi connectivity index (χ4n) is 3.25. The molecule has 35 heavy (non-hydrogen) atoms. The summed E-state index contributed by atoms with van der Waals surface area (Å²) >= 11 is 0. The molecular formula is C28H38O6Si. The number of esters is 2. The summed E-state index contributed by atoms with van der Waals surface area (Å²) < 4.78 is 22.7. The zero-order valence-electron chi connectivity index (χ0n) is 21.5. The summed E-state index contributed by atoms with van der Waals surface area (Å²) in [5.41, 5.74) is 2.13. The number of hydrogen-bond donors (Lipinski definition) is 0. The van der Waals surface area contributed by atoms with Crippen molar-refractivity contribution in [2.75, 3.05) is 13.4 Å². The Morgan fingerprint density at radius 2 is 1.49 bits per heavy atom. The minimum absolute atomic E-state index is 0.184. The molecular weight excluding hydrogens is 460 g/mol. The molecule has 2 aromatic carbocycles. The first-order valence-corrected chi connectivity index (χ1v) is 15.6. The van der Waals surface area contributed by atoms with E-state index in [4.69, 9.17) is 18.9 Å². The predicted molar refractivity (Wildman–Crippen MR) is 139 cm³/mol. The van der Waals surface area contributed by atoms with Gasteiger partial charge in [0.05, 0.1) is 6.10 Å². The van der Waals surface area contributed by atoms with Crippen LogP contribution in [0.1, 0.15) is 43.6 Å². The van der Waals surface area contributed by atoms with Crippen molar-refractivity contribution in [3.05, 3.63) is 83.9 Å². The topological polar surface area (TPSA) is 71.1 Å². The second-order valence-electron chi connectivity index (χ2n) is 9.74. The van der Waals surface area contributed by atoms with E-state index in [2.05, 4.69) is 26.2 Å². The third kappa shape index (κ3) is 10.6. The maximum Gasteiger partial charge on any atom is 0.352 e. The van der Waals surface area contributed by atoms with Crippen LogP contribution in [-0.2, 0) is 28.5 Å². The van der Waals surface area contributed by atoms with E-state index in [1.807, 2.05) is 43.3 Å². The lowest BCUT2D eigenvalue weighted by Gasteiger charge is -2.25. The van der Waals surface area contributed by atoms with Crippen LogP contribution in [-0.4, -0.2) is 39.5 Å². The van der Waals surface area contributed by atoms with Gasteiger partial charge in [0, 0.05) is 33.6 Å². The second kappa shape index (κ2) is 14.0. The average Bonchev–Trinajstić information content (AvgIpc) is 2.81. The van der Waals surface area contributed by atoms with Gasteiger partial charge in [0.15, 0.2) is 0 Å². The van der Waals surface area contributed by atoms with Gasteiger partial charge in [-0.1, -0.05) is 86.9 Å². The molecule has 6 nitrogen and oxygen atoms in total. The summed E-state index contributed by atoms with van der Waals surface area (Å²) in [6.45, 7) is 15.1. The molecule has 2 aromatic rings. The third-order valence-corrected chi connectivity index (χ3v) is 7.15. The Kier molecular flexibility index (Phi) is 11.4. The van der Waals surface area contributed by atoms with Gasteiger partial charge in [-0.3, -0.25) is 4.79 Å². The number of carbonyl (C=O) groups is 2. The van der Waals surface area contributed by atoms with Crippen LogP contribution in [0, 0.1) is 0 Å². The maximum atomic E-state index is 13.2. The van der Waals surface area contributed by atoms with Gasteiger partial charge in [-0.15, -0.1) is 0 Å². The van der Waals surface area contributed by atoms with Gasteiger partial charge in [-0.25, -0.2) is 4.79 Å². The quantitative estimate of drug-likeness (QED) is 0.101. The first-order valence-electron chi connectivity index (χ1n) is 11.9. The Labute approximate surface area is 210 Å². The highest BCUT2D eigenvalue weighted by molar-refractivity contribution is 6.76. The van der Waals surface area contributed by atoms with Gasteiger partial charge in [0.2, 0.25) is 6.10 Å². The molecule has 0 spiro atoms. The van der Waals surface area contributed by atoms with Crippen LogP contribution in [0.5, 0.6) is 0 Å². The van der Waals surface area contributed by atoms with E-state index in [1.165, 1.54) is 6.92 Å². The molecule has 0 aromatic heterocycles. The van der Waals surface area contributed by atoms with Crippen molar-refractivity contribution in [1.29, 1.82) is 0 Å². The van der Waals surface area contributed by atoms with Crippen molar-refractivity contribution in [2.45, 2.75) is 64.3 Å². The summed E-state index contributed by atoms with van der Waals surface area (Å²) in [7, 11) is -1.15. The van der Waals surface area contributed by atoms with Gasteiger partial charge in [0.1, 0.15) is 12.9 Å².